The standard InChI is InChI=1S/C26H32N4O5/c1-17(2)25(32)27-13-18-6-5-11-30(14-18)15-24(31)29-21-8-4-3-7-20(21)26(33)28-19-9-10-22-23(12-19)35-16-34-22/h3-4,7-10,12,17-18H,5-6,11,13-16H2,1-2H3,(H,27,32)(H,28,33)(H,29,31)/t18-/m0/s1. The van der Waals surface area contributed by atoms with Gasteiger partial charge in [-0.25, -0.2) is 0 Å². The number of hydrogen-bond donors (Lipinski definition) is 3. The monoisotopic (exact) mass is 480 g/mol. The summed E-state index contributed by atoms with van der Waals surface area (Å²) in [6.45, 7) is 6.34. The van der Waals surface area contributed by atoms with Crippen LogP contribution in [0.4, 0.5) is 11.4 Å². The van der Waals surface area contributed by atoms with Crippen molar-refractivity contribution in [2.24, 2.45) is 11.8 Å². The molecule has 3 N–H and O–H groups in total. The van der Waals surface area contributed by atoms with Crippen molar-refractivity contribution in [1.82, 2.24) is 10.2 Å². The minimum atomic E-state index is -0.335. The molecule has 2 aliphatic rings. The number of hydrogen-bond acceptors (Lipinski definition) is 6. The number of piperidine rings is 1. The van der Waals surface area contributed by atoms with E-state index in [9.17, 15) is 14.4 Å². The summed E-state index contributed by atoms with van der Waals surface area (Å²) in [5.74, 6) is 1.03. The molecule has 9 nitrogen and oxygen atoms in total. The Balaban J connectivity index is 1.32. The number of rotatable bonds is 8. The van der Waals surface area contributed by atoms with Gasteiger partial charge in [-0.3, -0.25) is 19.3 Å². The molecular weight excluding hydrogens is 448 g/mol. The van der Waals surface area contributed by atoms with Gasteiger partial charge in [-0.05, 0) is 49.6 Å². The second-order valence-electron chi connectivity index (χ2n) is 9.26. The second kappa shape index (κ2) is 11.2. The topological polar surface area (TPSA) is 109 Å². The fourth-order valence-electron chi connectivity index (χ4n) is 4.27. The Morgan fingerprint density at radius 1 is 1.06 bits per heavy atom. The Kier molecular flexibility index (Phi) is 7.87. The number of anilines is 2. The van der Waals surface area contributed by atoms with Crippen LogP contribution >= 0.6 is 0 Å². The number of benzene rings is 2. The largest absolute Gasteiger partial charge is 0.454 e. The molecule has 2 aromatic carbocycles. The molecule has 0 unspecified atom stereocenters. The average Bonchev–Trinajstić information content (AvgIpc) is 3.31. The van der Waals surface area contributed by atoms with Crippen LogP contribution in [0.2, 0.25) is 0 Å². The molecule has 4 rings (SSSR count). The fourth-order valence-corrected chi connectivity index (χ4v) is 4.27. The Morgan fingerprint density at radius 3 is 2.69 bits per heavy atom. The molecule has 1 saturated heterocycles. The Labute approximate surface area is 205 Å². The third-order valence-electron chi connectivity index (χ3n) is 6.14. The summed E-state index contributed by atoms with van der Waals surface area (Å²) >= 11 is 0. The van der Waals surface area contributed by atoms with E-state index >= 15 is 0 Å². The zero-order valence-electron chi connectivity index (χ0n) is 20.1. The molecule has 0 radical (unpaired) electrons. The van der Waals surface area contributed by atoms with Crippen molar-refractivity contribution in [3.63, 3.8) is 0 Å². The predicted octanol–water partition coefficient (Wildman–Crippen LogP) is 3.09. The molecule has 0 bridgehead atoms. The molecule has 0 aromatic heterocycles. The van der Waals surface area contributed by atoms with Gasteiger partial charge in [0.2, 0.25) is 18.6 Å². The van der Waals surface area contributed by atoms with E-state index in [0.717, 1.165) is 25.9 Å². The highest BCUT2D eigenvalue weighted by Crippen LogP contribution is 2.34. The van der Waals surface area contributed by atoms with Gasteiger partial charge in [0.1, 0.15) is 0 Å². The average molecular weight is 481 g/mol. The van der Waals surface area contributed by atoms with Crippen molar-refractivity contribution in [1.29, 1.82) is 0 Å². The van der Waals surface area contributed by atoms with Crippen molar-refractivity contribution < 1.29 is 23.9 Å². The highest BCUT2D eigenvalue weighted by molar-refractivity contribution is 6.10. The van der Waals surface area contributed by atoms with Crippen LogP contribution in [-0.2, 0) is 9.59 Å². The number of para-hydroxylation sites is 1. The van der Waals surface area contributed by atoms with E-state index in [0.29, 0.717) is 40.9 Å². The quantitative estimate of drug-likeness (QED) is 0.536. The third kappa shape index (κ3) is 6.51. The Bertz CT molecular complexity index is 1090. The van der Waals surface area contributed by atoms with Crippen LogP contribution < -0.4 is 25.4 Å². The van der Waals surface area contributed by atoms with E-state index in [2.05, 4.69) is 20.9 Å². The lowest BCUT2D eigenvalue weighted by Gasteiger charge is -2.32. The van der Waals surface area contributed by atoms with Crippen molar-refractivity contribution in [2.75, 3.05) is 43.6 Å². The van der Waals surface area contributed by atoms with E-state index in [1.54, 1.807) is 42.5 Å². The molecule has 0 saturated carbocycles. The molecule has 1 atom stereocenters. The minimum absolute atomic E-state index is 0.0391. The molecule has 1 fully saturated rings. The van der Waals surface area contributed by atoms with Crippen LogP contribution in [0.15, 0.2) is 42.5 Å². The van der Waals surface area contributed by atoms with Gasteiger partial charge in [0.25, 0.3) is 5.91 Å². The van der Waals surface area contributed by atoms with E-state index in [1.807, 2.05) is 13.8 Å². The van der Waals surface area contributed by atoms with Crippen LogP contribution in [0.1, 0.15) is 37.0 Å². The van der Waals surface area contributed by atoms with E-state index < -0.39 is 0 Å². The highest BCUT2D eigenvalue weighted by Gasteiger charge is 2.23. The summed E-state index contributed by atoms with van der Waals surface area (Å²) in [4.78, 5) is 39.7. The fraction of sp³-hybridized carbons (Fsp3) is 0.423. The molecule has 9 heteroatoms. The number of amides is 3. The van der Waals surface area contributed by atoms with E-state index in [-0.39, 0.29) is 37.0 Å². The van der Waals surface area contributed by atoms with Gasteiger partial charge < -0.3 is 25.4 Å². The maximum absolute atomic E-state index is 12.9. The van der Waals surface area contributed by atoms with Crippen molar-refractivity contribution in [3.05, 3.63) is 48.0 Å². The molecule has 0 spiro atoms. The lowest BCUT2D eigenvalue weighted by atomic mass is 9.97. The SMILES string of the molecule is CC(C)C(=O)NC[C@@H]1CCCN(CC(=O)Nc2ccccc2C(=O)Nc2ccc3c(c2)OCO3)C1. The van der Waals surface area contributed by atoms with Gasteiger partial charge in [-0.1, -0.05) is 26.0 Å². The number of nitrogens with one attached hydrogen (secondary N) is 3. The zero-order valence-corrected chi connectivity index (χ0v) is 20.1. The summed E-state index contributed by atoms with van der Waals surface area (Å²) in [6, 6.07) is 12.1. The summed E-state index contributed by atoms with van der Waals surface area (Å²) in [5.41, 5.74) is 1.39. The highest BCUT2D eigenvalue weighted by atomic mass is 16.7. The normalized spacial score (nSPS) is 17.2. The third-order valence-corrected chi connectivity index (χ3v) is 6.14. The number of ether oxygens (including phenoxy) is 2. The Morgan fingerprint density at radius 2 is 1.86 bits per heavy atom. The van der Waals surface area contributed by atoms with Gasteiger partial charge in [0.15, 0.2) is 11.5 Å². The molecular formula is C26H32N4O5. The lowest BCUT2D eigenvalue weighted by Crippen LogP contribution is -2.44. The number of nitrogens with zero attached hydrogens (tertiary/aromatic N) is 1. The van der Waals surface area contributed by atoms with Gasteiger partial charge in [-0.2, -0.15) is 0 Å². The molecule has 2 aliphatic heterocycles. The Hall–Kier alpha value is -3.59. The van der Waals surface area contributed by atoms with Gasteiger partial charge >= 0.3 is 0 Å². The summed E-state index contributed by atoms with van der Waals surface area (Å²) < 4.78 is 10.7. The molecule has 186 valence electrons. The molecule has 35 heavy (non-hydrogen) atoms. The smallest absolute Gasteiger partial charge is 0.257 e. The first-order valence-electron chi connectivity index (χ1n) is 12.0. The maximum atomic E-state index is 12.9. The van der Waals surface area contributed by atoms with Crippen LogP contribution in [-0.4, -0.2) is 55.6 Å². The first-order chi connectivity index (χ1) is 16.9. The van der Waals surface area contributed by atoms with Gasteiger partial charge in [0, 0.05) is 30.8 Å². The van der Waals surface area contributed by atoms with Crippen LogP contribution in [0.5, 0.6) is 11.5 Å². The van der Waals surface area contributed by atoms with Crippen molar-refractivity contribution in [3.8, 4) is 11.5 Å². The van der Waals surface area contributed by atoms with Crippen LogP contribution in [0, 0.1) is 11.8 Å². The molecule has 2 aromatic rings. The minimum Gasteiger partial charge on any atom is -0.454 e. The van der Waals surface area contributed by atoms with E-state index in [1.165, 1.54) is 0 Å². The van der Waals surface area contributed by atoms with E-state index in [4.69, 9.17) is 9.47 Å². The van der Waals surface area contributed by atoms with Crippen molar-refractivity contribution >= 4 is 29.1 Å². The van der Waals surface area contributed by atoms with Crippen molar-refractivity contribution in [2.45, 2.75) is 26.7 Å². The molecule has 3 amide bonds. The molecule has 2 heterocycles. The number of carbonyl (C=O) groups excluding carboxylic acids is 3. The number of fused-ring (bicyclic) bond motifs is 1. The summed E-state index contributed by atoms with van der Waals surface area (Å²) in [7, 11) is 0. The maximum Gasteiger partial charge on any atom is 0.257 e. The lowest BCUT2D eigenvalue weighted by molar-refractivity contribution is -0.124. The first-order valence-corrected chi connectivity index (χ1v) is 12.0. The summed E-state index contributed by atoms with van der Waals surface area (Å²) in [5, 5.41) is 8.73. The number of carbonyl (C=O) groups is 3. The molecule has 0 aliphatic carbocycles. The van der Waals surface area contributed by atoms with Crippen LogP contribution in [0.25, 0.3) is 0 Å². The predicted molar refractivity (Wildman–Crippen MR) is 133 cm³/mol. The number of likely N-dealkylation sites (tertiary alicyclic amines) is 1. The van der Waals surface area contributed by atoms with Gasteiger partial charge in [0.05, 0.1) is 17.8 Å². The summed E-state index contributed by atoms with van der Waals surface area (Å²) in [6.07, 6.45) is 2.00. The van der Waals surface area contributed by atoms with Gasteiger partial charge in [-0.15, -0.1) is 0 Å². The van der Waals surface area contributed by atoms with Crippen LogP contribution in [0.3, 0.4) is 0 Å². The zero-order chi connectivity index (χ0) is 24.8. The first kappa shape index (κ1) is 24.5. The second-order valence-corrected chi connectivity index (χ2v) is 9.26.